The van der Waals surface area contributed by atoms with E-state index in [0.29, 0.717) is 0 Å². The molecule has 0 bridgehead atoms. The van der Waals surface area contributed by atoms with Crippen molar-refractivity contribution in [3.8, 4) is 0 Å². The third-order valence-electron chi connectivity index (χ3n) is 4.44. The van der Waals surface area contributed by atoms with Crippen molar-refractivity contribution < 1.29 is 27.8 Å². The molecule has 3 rings (SSSR count). The van der Waals surface area contributed by atoms with Crippen molar-refractivity contribution in [2.24, 2.45) is 0 Å². The standard InChI is InChI=1S/C20H20F2N2O4/c1-11-12(2)28-20(24-18(26)14-8-4-6-10-16(14)22)19(27-11)23-17(25)13-7-3-5-9-15(13)21/h3-12,19-20H,1-2H3,(H,23,25)(H,24,26)/t11-,12+,19-,20-/m0/s1. The van der Waals surface area contributed by atoms with Gasteiger partial charge in [-0.3, -0.25) is 9.59 Å². The molecule has 1 saturated heterocycles. The molecule has 2 aromatic carbocycles. The topological polar surface area (TPSA) is 76.7 Å². The Bertz CT molecular complexity index is 805. The van der Waals surface area contributed by atoms with Crippen molar-refractivity contribution in [3.63, 3.8) is 0 Å². The van der Waals surface area contributed by atoms with E-state index in [0.717, 1.165) is 12.1 Å². The maximum absolute atomic E-state index is 13.9. The molecule has 0 spiro atoms. The summed E-state index contributed by atoms with van der Waals surface area (Å²) >= 11 is 0. The van der Waals surface area contributed by atoms with Crippen LogP contribution in [0, 0.1) is 11.6 Å². The van der Waals surface area contributed by atoms with Crippen molar-refractivity contribution in [1.29, 1.82) is 0 Å². The number of amides is 2. The molecule has 0 saturated carbocycles. The summed E-state index contributed by atoms with van der Waals surface area (Å²) in [7, 11) is 0. The molecule has 28 heavy (non-hydrogen) atoms. The number of nitrogens with one attached hydrogen (secondary N) is 2. The highest BCUT2D eigenvalue weighted by Gasteiger charge is 2.37. The van der Waals surface area contributed by atoms with E-state index in [-0.39, 0.29) is 11.1 Å². The molecule has 1 aliphatic rings. The summed E-state index contributed by atoms with van der Waals surface area (Å²) in [6.45, 7) is 3.48. The predicted octanol–water partition coefficient (Wildman–Crippen LogP) is 2.60. The van der Waals surface area contributed by atoms with Crippen LogP contribution in [-0.4, -0.2) is 36.5 Å². The highest BCUT2D eigenvalue weighted by atomic mass is 19.1. The molecule has 1 fully saturated rings. The first kappa shape index (κ1) is 19.9. The van der Waals surface area contributed by atoms with E-state index in [9.17, 15) is 18.4 Å². The fourth-order valence-corrected chi connectivity index (χ4v) is 2.75. The minimum atomic E-state index is -1.09. The van der Waals surface area contributed by atoms with Crippen molar-refractivity contribution in [1.82, 2.24) is 10.6 Å². The lowest BCUT2D eigenvalue weighted by molar-refractivity contribution is -0.220. The maximum atomic E-state index is 13.9. The number of benzene rings is 2. The second kappa shape index (κ2) is 8.45. The summed E-state index contributed by atoms with van der Waals surface area (Å²) in [4.78, 5) is 24.8. The van der Waals surface area contributed by atoms with Gasteiger partial charge in [-0.05, 0) is 38.1 Å². The van der Waals surface area contributed by atoms with Gasteiger partial charge in [-0.25, -0.2) is 8.78 Å². The number of halogens is 2. The minimum absolute atomic E-state index is 0.170. The lowest BCUT2D eigenvalue weighted by Gasteiger charge is -2.39. The summed E-state index contributed by atoms with van der Waals surface area (Å²) in [6, 6.07) is 11.0. The molecule has 1 heterocycles. The summed E-state index contributed by atoms with van der Waals surface area (Å²) in [5.41, 5.74) is -0.340. The van der Waals surface area contributed by atoms with E-state index in [1.54, 1.807) is 13.8 Å². The zero-order chi connectivity index (χ0) is 20.3. The molecule has 0 radical (unpaired) electrons. The molecule has 4 atom stereocenters. The molecular weight excluding hydrogens is 370 g/mol. The van der Waals surface area contributed by atoms with E-state index >= 15 is 0 Å². The Morgan fingerprint density at radius 1 is 0.750 bits per heavy atom. The number of rotatable bonds is 4. The fraction of sp³-hybridized carbons (Fsp3) is 0.300. The molecule has 6 nitrogen and oxygen atoms in total. The van der Waals surface area contributed by atoms with Gasteiger partial charge in [0.05, 0.1) is 23.3 Å². The molecule has 2 amide bonds. The quantitative estimate of drug-likeness (QED) is 0.842. The first-order chi connectivity index (χ1) is 13.4. The van der Waals surface area contributed by atoms with Gasteiger partial charge < -0.3 is 20.1 Å². The summed E-state index contributed by atoms with van der Waals surface area (Å²) in [5, 5.41) is 5.03. The Morgan fingerprint density at radius 2 is 1.11 bits per heavy atom. The molecule has 0 aliphatic carbocycles. The molecule has 8 heteroatoms. The van der Waals surface area contributed by atoms with Gasteiger partial charge in [0.25, 0.3) is 11.8 Å². The van der Waals surface area contributed by atoms with Gasteiger partial charge in [0.15, 0.2) is 12.5 Å². The molecular formula is C20H20F2N2O4. The van der Waals surface area contributed by atoms with Gasteiger partial charge in [-0.1, -0.05) is 24.3 Å². The van der Waals surface area contributed by atoms with Crippen molar-refractivity contribution in [2.75, 3.05) is 0 Å². The molecule has 2 aromatic rings. The average Bonchev–Trinajstić information content (AvgIpc) is 2.66. The van der Waals surface area contributed by atoms with E-state index in [4.69, 9.17) is 9.47 Å². The van der Waals surface area contributed by atoms with Crippen LogP contribution in [0.4, 0.5) is 8.78 Å². The zero-order valence-corrected chi connectivity index (χ0v) is 15.3. The average molecular weight is 390 g/mol. The second-order valence-corrected chi connectivity index (χ2v) is 6.43. The molecule has 148 valence electrons. The van der Waals surface area contributed by atoms with Crippen LogP contribution in [0.3, 0.4) is 0 Å². The van der Waals surface area contributed by atoms with Crippen LogP contribution in [-0.2, 0) is 9.47 Å². The van der Waals surface area contributed by atoms with Gasteiger partial charge in [0.1, 0.15) is 11.6 Å². The number of hydrogen-bond donors (Lipinski definition) is 2. The van der Waals surface area contributed by atoms with Gasteiger partial charge in [-0.2, -0.15) is 0 Å². The van der Waals surface area contributed by atoms with Crippen LogP contribution in [0.1, 0.15) is 34.6 Å². The number of carbonyl (C=O) groups is 2. The second-order valence-electron chi connectivity index (χ2n) is 6.43. The van der Waals surface area contributed by atoms with Gasteiger partial charge >= 0.3 is 0 Å². The first-order valence-corrected chi connectivity index (χ1v) is 8.78. The summed E-state index contributed by atoms with van der Waals surface area (Å²) < 4.78 is 39.2. The lowest BCUT2D eigenvalue weighted by Crippen LogP contribution is -2.61. The summed E-state index contributed by atoms with van der Waals surface area (Å²) in [5.74, 6) is -2.83. The van der Waals surface area contributed by atoms with E-state index < -0.39 is 48.1 Å². The van der Waals surface area contributed by atoms with Gasteiger partial charge in [0, 0.05) is 0 Å². The Kier molecular flexibility index (Phi) is 6.01. The van der Waals surface area contributed by atoms with Crippen LogP contribution >= 0.6 is 0 Å². The largest absolute Gasteiger partial charge is 0.348 e. The Labute approximate surface area is 160 Å². The minimum Gasteiger partial charge on any atom is -0.348 e. The number of ether oxygens (including phenoxy) is 2. The van der Waals surface area contributed by atoms with E-state index in [1.807, 2.05) is 0 Å². The van der Waals surface area contributed by atoms with Crippen LogP contribution in [0.5, 0.6) is 0 Å². The van der Waals surface area contributed by atoms with Crippen LogP contribution in [0.15, 0.2) is 48.5 Å². The van der Waals surface area contributed by atoms with Crippen molar-refractivity contribution >= 4 is 11.8 Å². The number of carbonyl (C=O) groups excluding carboxylic acids is 2. The molecule has 1 aliphatic heterocycles. The first-order valence-electron chi connectivity index (χ1n) is 8.78. The zero-order valence-electron chi connectivity index (χ0n) is 15.3. The SMILES string of the molecule is C[C@@H]1O[C@H](NC(=O)c2ccccc2F)[C@@H](NC(=O)c2ccccc2F)O[C@@H]1C. The number of hydrogen-bond acceptors (Lipinski definition) is 4. The Hall–Kier alpha value is -2.84. The van der Waals surface area contributed by atoms with Crippen LogP contribution in [0.2, 0.25) is 0 Å². The van der Waals surface area contributed by atoms with Crippen molar-refractivity contribution in [2.45, 2.75) is 38.5 Å². The lowest BCUT2D eigenvalue weighted by atomic mass is 10.1. The molecule has 2 N–H and O–H groups in total. The summed E-state index contributed by atoms with van der Waals surface area (Å²) in [6.07, 6.45) is -2.97. The smallest absolute Gasteiger partial charge is 0.256 e. The molecule has 0 unspecified atom stereocenters. The van der Waals surface area contributed by atoms with Crippen LogP contribution < -0.4 is 10.6 Å². The Balaban J connectivity index is 1.77. The Morgan fingerprint density at radius 3 is 1.46 bits per heavy atom. The maximum Gasteiger partial charge on any atom is 0.256 e. The normalized spacial score (nSPS) is 24.4. The van der Waals surface area contributed by atoms with Gasteiger partial charge in [-0.15, -0.1) is 0 Å². The van der Waals surface area contributed by atoms with Crippen molar-refractivity contribution in [3.05, 3.63) is 71.3 Å². The highest BCUT2D eigenvalue weighted by Crippen LogP contribution is 2.19. The van der Waals surface area contributed by atoms with Gasteiger partial charge in [0.2, 0.25) is 0 Å². The monoisotopic (exact) mass is 390 g/mol. The highest BCUT2D eigenvalue weighted by molar-refractivity contribution is 5.95. The van der Waals surface area contributed by atoms with Crippen LogP contribution in [0.25, 0.3) is 0 Å². The molecule has 0 aromatic heterocycles. The predicted molar refractivity (Wildman–Crippen MR) is 96.4 cm³/mol. The fourth-order valence-electron chi connectivity index (χ4n) is 2.75. The third-order valence-corrected chi connectivity index (χ3v) is 4.44. The van der Waals surface area contributed by atoms with E-state index in [1.165, 1.54) is 36.4 Å². The van der Waals surface area contributed by atoms with E-state index in [2.05, 4.69) is 10.6 Å². The third kappa shape index (κ3) is 4.35.